The molecule has 0 aliphatic rings. The van der Waals surface area contributed by atoms with E-state index in [0.717, 1.165) is 12.0 Å². The van der Waals surface area contributed by atoms with Crippen LogP contribution >= 0.6 is 11.6 Å². The molecule has 0 heterocycles. The van der Waals surface area contributed by atoms with Crippen molar-refractivity contribution in [3.63, 3.8) is 0 Å². The highest BCUT2D eigenvalue weighted by atomic mass is 35.5. The largest absolute Gasteiger partial charge is 0.252 e. The SMILES string of the molecule is C=N/C(Cl)=C(\C)CC. The summed E-state index contributed by atoms with van der Waals surface area (Å²) in [5.74, 6) is 0. The lowest BCUT2D eigenvalue weighted by Gasteiger charge is -1.92. The van der Waals surface area contributed by atoms with Crippen molar-refractivity contribution >= 4 is 18.3 Å². The highest BCUT2D eigenvalue weighted by molar-refractivity contribution is 6.29. The van der Waals surface area contributed by atoms with Crippen LogP contribution in [0, 0.1) is 0 Å². The average molecular weight is 132 g/mol. The molecule has 0 bridgehead atoms. The lowest BCUT2D eigenvalue weighted by atomic mass is 10.3. The third-order valence-electron chi connectivity index (χ3n) is 1.02. The average Bonchev–Trinajstić information content (AvgIpc) is 1.84. The van der Waals surface area contributed by atoms with E-state index in [0.29, 0.717) is 5.16 Å². The van der Waals surface area contributed by atoms with Crippen LogP contribution in [0.2, 0.25) is 0 Å². The van der Waals surface area contributed by atoms with E-state index in [4.69, 9.17) is 11.6 Å². The molecule has 0 aliphatic heterocycles. The van der Waals surface area contributed by atoms with Gasteiger partial charge < -0.3 is 0 Å². The van der Waals surface area contributed by atoms with Gasteiger partial charge in [0.25, 0.3) is 0 Å². The molecule has 0 atom stereocenters. The van der Waals surface area contributed by atoms with Gasteiger partial charge in [-0.1, -0.05) is 18.5 Å². The monoisotopic (exact) mass is 131 g/mol. The standard InChI is InChI=1S/C6H10ClN/c1-4-5(2)6(7)8-3/h3-4H2,1-2H3/b6-5+. The van der Waals surface area contributed by atoms with Crippen molar-refractivity contribution in [3.05, 3.63) is 10.7 Å². The van der Waals surface area contributed by atoms with E-state index < -0.39 is 0 Å². The van der Waals surface area contributed by atoms with Gasteiger partial charge in [0.1, 0.15) is 5.16 Å². The van der Waals surface area contributed by atoms with Crippen LogP contribution in [0.1, 0.15) is 20.3 Å². The topological polar surface area (TPSA) is 12.4 Å². The molecule has 0 saturated carbocycles. The van der Waals surface area contributed by atoms with Crippen molar-refractivity contribution in [3.8, 4) is 0 Å². The second-order valence-electron chi connectivity index (χ2n) is 1.58. The van der Waals surface area contributed by atoms with Gasteiger partial charge in [0.05, 0.1) is 0 Å². The van der Waals surface area contributed by atoms with Gasteiger partial charge in [-0.05, 0) is 25.6 Å². The van der Waals surface area contributed by atoms with Crippen LogP contribution in [0.15, 0.2) is 15.7 Å². The van der Waals surface area contributed by atoms with Crippen LogP contribution in [-0.4, -0.2) is 6.72 Å². The van der Waals surface area contributed by atoms with Crippen LogP contribution in [0.5, 0.6) is 0 Å². The minimum atomic E-state index is 0.535. The number of halogens is 1. The first-order valence-electron chi connectivity index (χ1n) is 2.54. The molecule has 0 unspecified atom stereocenters. The molecular formula is C6H10ClN. The zero-order valence-electron chi connectivity index (χ0n) is 5.24. The summed E-state index contributed by atoms with van der Waals surface area (Å²) in [6.07, 6.45) is 0.942. The number of nitrogens with zero attached hydrogens (tertiary/aromatic N) is 1. The fourth-order valence-corrected chi connectivity index (χ4v) is 0.414. The molecule has 0 N–H and O–H groups in total. The molecule has 0 spiro atoms. The molecule has 8 heavy (non-hydrogen) atoms. The third-order valence-corrected chi connectivity index (χ3v) is 1.46. The molecule has 0 aromatic carbocycles. The van der Waals surface area contributed by atoms with Crippen molar-refractivity contribution in [2.45, 2.75) is 20.3 Å². The van der Waals surface area contributed by atoms with Crippen molar-refractivity contribution in [1.29, 1.82) is 0 Å². The third kappa shape index (κ3) is 2.12. The van der Waals surface area contributed by atoms with E-state index >= 15 is 0 Å². The maximum Gasteiger partial charge on any atom is 0.127 e. The molecule has 0 aliphatic carbocycles. The normalized spacial score (nSPS) is 12.9. The summed E-state index contributed by atoms with van der Waals surface area (Å²) in [6.45, 7) is 7.26. The Balaban J connectivity index is 4.03. The lowest BCUT2D eigenvalue weighted by molar-refractivity contribution is 1.08. The van der Waals surface area contributed by atoms with Gasteiger partial charge in [-0.15, -0.1) is 0 Å². The molecule has 0 saturated heterocycles. The Labute approximate surface area is 55.1 Å². The highest BCUT2D eigenvalue weighted by Crippen LogP contribution is 2.11. The van der Waals surface area contributed by atoms with Gasteiger partial charge in [-0.2, -0.15) is 0 Å². The highest BCUT2D eigenvalue weighted by Gasteiger charge is 1.89. The molecule has 46 valence electrons. The Morgan fingerprint density at radius 3 is 2.38 bits per heavy atom. The van der Waals surface area contributed by atoms with Gasteiger partial charge >= 0.3 is 0 Å². The molecule has 2 heteroatoms. The van der Waals surface area contributed by atoms with Crippen molar-refractivity contribution in [2.24, 2.45) is 4.99 Å². The predicted octanol–water partition coefficient (Wildman–Crippen LogP) is 2.57. The van der Waals surface area contributed by atoms with Gasteiger partial charge in [0.2, 0.25) is 0 Å². The molecule has 0 radical (unpaired) electrons. The van der Waals surface area contributed by atoms with Gasteiger partial charge in [-0.25, -0.2) is 0 Å². The summed E-state index contributed by atoms with van der Waals surface area (Å²) in [4.78, 5) is 3.55. The summed E-state index contributed by atoms with van der Waals surface area (Å²) in [5.41, 5.74) is 1.08. The zero-order valence-corrected chi connectivity index (χ0v) is 6.00. The first-order valence-corrected chi connectivity index (χ1v) is 2.92. The Morgan fingerprint density at radius 1 is 1.75 bits per heavy atom. The van der Waals surface area contributed by atoms with E-state index in [-0.39, 0.29) is 0 Å². The summed E-state index contributed by atoms with van der Waals surface area (Å²) in [5, 5.41) is 0.535. The second-order valence-corrected chi connectivity index (χ2v) is 1.94. The number of aliphatic imine (C=N–C) groups is 1. The summed E-state index contributed by atoms with van der Waals surface area (Å²) < 4.78 is 0. The number of hydrogen-bond donors (Lipinski definition) is 0. The predicted molar refractivity (Wildman–Crippen MR) is 38.4 cm³/mol. The Morgan fingerprint density at radius 2 is 2.25 bits per heavy atom. The Kier molecular flexibility index (Phi) is 3.53. The second kappa shape index (κ2) is 3.67. The Hall–Kier alpha value is -0.300. The maximum atomic E-state index is 5.57. The van der Waals surface area contributed by atoms with Crippen LogP contribution in [0.4, 0.5) is 0 Å². The first kappa shape index (κ1) is 7.70. The van der Waals surface area contributed by atoms with Gasteiger partial charge in [0.15, 0.2) is 0 Å². The van der Waals surface area contributed by atoms with E-state index in [1.54, 1.807) is 0 Å². The van der Waals surface area contributed by atoms with Gasteiger partial charge in [-0.3, -0.25) is 4.99 Å². The molecule has 0 amide bonds. The minimum absolute atomic E-state index is 0.535. The number of allylic oxidation sites excluding steroid dienone is 1. The van der Waals surface area contributed by atoms with Gasteiger partial charge in [0, 0.05) is 0 Å². The van der Waals surface area contributed by atoms with E-state index in [2.05, 4.69) is 11.7 Å². The van der Waals surface area contributed by atoms with E-state index in [9.17, 15) is 0 Å². The smallest absolute Gasteiger partial charge is 0.127 e. The van der Waals surface area contributed by atoms with E-state index in [1.165, 1.54) is 0 Å². The molecule has 0 aromatic rings. The van der Waals surface area contributed by atoms with Crippen LogP contribution in [0.3, 0.4) is 0 Å². The Bertz CT molecular complexity index is 116. The minimum Gasteiger partial charge on any atom is -0.252 e. The first-order chi connectivity index (χ1) is 3.72. The van der Waals surface area contributed by atoms with Crippen molar-refractivity contribution in [1.82, 2.24) is 0 Å². The number of hydrogen-bond acceptors (Lipinski definition) is 1. The molecule has 0 rings (SSSR count). The summed E-state index contributed by atoms with van der Waals surface area (Å²) in [7, 11) is 0. The van der Waals surface area contributed by atoms with Crippen LogP contribution < -0.4 is 0 Å². The maximum absolute atomic E-state index is 5.57. The quantitative estimate of drug-likeness (QED) is 0.404. The summed E-state index contributed by atoms with van der Waals surface area (Å²) >= 11 is 5.57. The van der Waals surface area contributed by atoms with Crippen molar-refractivity contribution in [2.75, 3.05) is 0 Å². The van der Waals surface area contributed by atoms with E-state index in [1.807, 2.05) is 13.8 Å². The fourth-order valence-electron chi connectivity index (χ4n) is 0.281. The molecule has 1 nitrogen and oxygen atoms in total. The number of rotatable bonds is 2. The summed E-state index contributed by atoms with van der Waals surface area (Å²) in [6, 6.07) is 0. The molecule has 0 aromatic heterocycles. The van der Waals surface area contributed by atoms with Crippen LogP contribution in [-0.2, 0) is 0 Å². The van der Waals surface area contributed by atoms with Crippen LogP contribution in [0.25, 0.3) is 0 Å². The molecule has 0 fully saturated rings. The zero-order chi connectivity index (χ0) is 6.57. The fraction of sp³-hybridized carbons (Fsp3) is 0.500. The lowest BCUT2D eigenvalue weighted by Crippen LogP contribution is -1.73. The van der Waals surface area contributed by atoms with Crippen molar-refractivity contribution < 1.29 is 0 Å². The molecular weight excluding hydrogens is 122 g/mol.